The molecule has 0 unspecified atom stereocenters. The van der Waals surface area contributed by atoms with Crippen molar-refractivity contribution in [1.82, 2.24) is 4.57 Å². The van der Waals surface area contributed by atoms with Gasteiger partial charge < -0.3 is 9.88 Å². The van der Waals surface area contributed by atoms with Crippen molar-refractivity contribution in [3.05, 3.63) is 77.0 Å². The van der Waals surface area contributed by atoms with Gasteiger partial charge in [0.05, 0.1) is 11.1 Å². The number of hydrogen-bond acceptors (Lipinski definition) is 1. The fraction of sp³-hybridized carbons (Fsp3) is 0.0500. The van der Waals surface area contributed by atoms with Crippen LogP contribution in [0.25, 0.3) is 10.9 Å². The number of carbonyl (C=O) groups is 1. The molecule has 0 bridgehead atoms. The summed E-state index contributed by atoms with van der Waals surface area (Å²) in [6.07, 6.45) is 1.69. The van der Waals surface area contributed by atoms with Crippen molar-refractivity contribution >= 4 is 34.1 Å². The molecule has 0 spiro atoms. The van der Waals surface area contributed by atoms with Gasteiger partial charge in [0.15, 0.2) is 5.83 Å². The summed E-state index contributed by atoms with van der Waals surface area (Å²) in [7, 11) is 1.69. The first-order valence-electron chi connectivity index (χ1n) is 7.57. The van der Waals surface area contributed by atoms with Crippen LogP contribution in [0.15, 0.2) is 55.0 Å². The zero-order valence-corrected chi connectivity index (χ0v) is 14.5. The zero-order chi connectivity index (χ0) is 18.8. The summed E-state index contributed by atoms with van der Waals surface area (Å²) in [5.41, 5.74) is 1.79. The highest BCUT2D eigenvalue weighted by Crippen LogP contribution is 2.27. The summed E-state index contributed by atoms with van der Waals surface area (Å²) >= 11 is 5.85. The molecule has 0 aliphatic heterocycles. The van der Waals surface area contributed by atoms with Gasteiger partial charge in [-0.1, -0.05) is 30.0 Å². The van der Waals surface area contributed by atoms with E-state index in [9.17, 15) is 13.6 Å². The number of nitrogens with one attached hydrogen (secondary N) is 1. The molecule has 1 aromatic heterocycles. The first-order valence-corrected chi connectivity index (χ1v) is 7.95. The minimum atomic E-state index is -1.15. The van der Waals surface area contributed by atoms with Gasteiger partial charge in [-0.05, 0) is 36.4 Å². The Balaban J connectivity index is 2.06. The molecule has 3 rings (SSSR count). The standard InChI is InChI=1S/C20H13ClF2N2O/c1-12(22)20(26)24-16-9-17-14(11-25(2)19(17)18(23)10-16)6-3-13-4-7-15(21)8-5-13/h4-5,7-11H,1H2,2H3,(H,24,26). The van der Waals surface area contributed by atoms with Gasteiger partial charge in [0.2, 0.25) is 0 Å². The molecule has 1 amide bonds. The van der Waals surface area contributed by atoms with Crippen molar-refractivity contribution in [1.29, 1.82) is 0 Å². The average molecular weight is 371 g/mol. The Morgan fingerprint density at radius 3 is 2.58 bits per heavy atom. The van der Waals surface area contributed by atoms with Crippen LogP contribution in [0.3, 0.4) is 0 Å². The number of nitrogens with zero attached hydrogens (tertiary/aromatic N) is 1. The molecule has 0 saturated heterocycles. The van der Waals surface area contributed by atoms with Crippen LogP contribution >= 0.6 is 11.6 Å². The molecular weight excluding hydrogens is 358 g/mol. The maximum Gasteiger partial charge on any atom is 0.283 e. The van der Waals surface area contributed by atoms with Crippen molar-refractivity contribution in [2.24, 2.45) is 7.05 Å². The van der Waals surface area contributed by atoms with Crippen molar-refractivity contribution in [3.63, 3.8) is 0 Å². The number of carbonyl (C=O) groups excluding carboxylic acids is 1. The molecule has 26 heavy (non-hydrogen) atoms. The number of fused-ring (bicyclic) bond motifs is 1. The molecule has 0 radical (unpaired) electrons. The van der Waals surface area contributed by atoms with Crippen molar-refractivity contribution < 1.29 is 13.6 Å². The maximum absolute atomic E-state index is 14.4. The Kier molecular flexibility index (Phi) is 4.79. The van der Waals surface area contributed by atoms with E-state index in [1.807, 2.05) is 0 Å². The summed E-state index contributed by atoms with van der Waals surface area (Å²) in [4.78, 5) is 11.4. The number of amides is 1. The van der Waals surface area contributed by atoms with E-state index < -0.39 is 17.6 Å². The lowest BCUT2D eigenvalue weighted by molar-refractivity contribution is -0.114. The molecule has 0 aliphatic rings. The van der Waals surface area contributed by atoms with Crippen molar-refractivity contribution in [2.45, 2.75) is 0 Å². The van der Waals surface area contributed by atoms with Crippen LogP contribution in [0.4, 0.5) is 14.5 Å². The molecule has 3 nitrogen and oxygen atoms in total. The van der Waals surface area contributed by atoms with Crippen LogP contribution in [0.1, 0.15) is 11.1 Å². The van der Waals surface area contributed by atoms with Gasteiger partial charge in [0.1, 0.15) is 5.82 Å². The molecule has 0 aliphatic carbocycles. The fourth-order valence-electron chi connectivity index (χ4n) is 2.53. The Morgan fingerprint density at radius 2 is 1.92 bits per heavy atom. The highest BCUT2D eigenvalue weighted by Gasteiger charge is 2.14. The Morgan fingerprint density at radius 1 is 1.23 bits per heavy atom. The molecule has 3 aromatic rings. The molecule has 0 fully saturated rings. The molecule has 1 heterocycles. The Bertz CT molecular complexity index is 1090. The van der Waals surface area contributed by atoms with E-state index in [2.05, 4.69) is 23.7 Å². The van der Waals surface area contributed by atoms with Crippen LogP contribution in [0.2, 0.25) is 5.02 Å². The number of rotatable bonds is 2. The second kappa shape index (κ2) is 7.03. The van der Waals surface area contributed by atoms with Gasteiger partial charge in [-0.3, -0.25) is 4.79 Å². The third-order valence-electron chi connectivity index (χ3n) is 3.72. The van der Waals surface area contributed by atoms with E-state index in [-0.39, 0.29) is 5.69 Å². The lowest BCUT2D eigenvalue weighted by atomic mass is 10.1. The van der Waals surface area contributed by atoms with Gasteiger partial charge in [-0.25, -0.2) is 8.78 Å². The molecular formula is C20H13ClF2N2O. The maximum atomic E-state index is 14.4. The molecule has 1 N–H and O–H groups in total. The van der Waals surface area contributed by atoms with E-state index in [0.29, 0.717) is 21.5 Å². The lowest BCUT2D eigenvalue weighted by Gasteiger charge is -2.05. The highest BCUT2D eigenvalue weighted by atomic mass is 35.5. The van der Waals surface area contributed by atoms with Crippen LogP contribution in [0, 0.1) is 17.7 Å². The van der Waals surface area contributed by atoms with E-state index in [1.54, 1.807) is 48.1 Å². The minimum absolute atomic E-state index is 0.125. The summed E-state index contributed by atoms with van der Waals surface area (Å²) in [5, 5.41) is 3.38. The Labute approximate surface area is 153 Å². The third kappa shape index (κ3) is 3.61. The van der Waals surface area contributed by atoms with Gasteiger partial charge in [-0.15, -0.1) is 0 Å². The van der Waals surface area contributed by atoms with Gasteiger partial charge >= 0.3 is 0 Å². The van der Waals surface area contributed by atoms with Crippen LogP contribution in [-0.4, -0.2) is 10.5 Å². The molecule has 6 heteroatoms. The predicted molar refractivity (Wildman–Crippen MR) is 99.2 cm³/mol. The van der Waals surface area contributed by atoms with Crippen molar-refractivity contribution in [2.75, 3.05) is 5.32 Å². The molecule has 0 atom stereocenters. The van der Waals surface area contributed by atoms with Gasteiger partial charge in [0, 0.05) is 34.9 Å². The number of benzene rings is 2. The Hall–Kier alpha value is -3.10. The number of aryl methyl sites for hydroxylation is 1. The average Bonchev–Trinajstić information content (AvgIpc) is 2.90. The second-order valence-corrected chi connectivity index (χ2v) is 6.06. The topological polar surface area (TPSA) is 34.0 Å². The first kappa shape index (κ1) is 17.7. The third-order valence-corrected chi connectivity index (χ3v) is 3.97. The van der Waals surface area contributed by atoms with Crippen LogP contribution < -0.4 is 5.32 Å². The van der Waals surface area contributed by atoms with Gasteiger partial charge in [-0.2, -0.15) is 0 Å². The lowest BCUT2D eigenvalue weighted by Crippen LogP contribution is -2.11. The van der Waals surface area contributed by atoms with E-state index in [1.165, 1.54) is 0 Å². The smallest absolute Gasteiger partial charge is 0.283 e. The first-order chi connectivity index (χ1) is 12.3. The van der Waals surface area contributed by atoms with E-state index >= 15 is 0 Å². The monoisotopic (exact) mass is 370 g/mol. The summed E-state index contributed by atoms with van der Waals surface area (Å²) in [6.45, 7) is 2.92. The normalized spacial score (nSPS) is 10.3. The van der Waals surface area contributed by atoms with Crippen molar-refractivity contribution in [3.8, 4) is 11.8 Å². The number of halogens is 3. The van der Waals surface area contributed by atoms with Crippen LogP contribution in [0.5, 0.6) is 0 Å². The minimum Gasteiger partial charge on any atom is -0.347 e. The molecule has 2 aromatic carbocycles. The SMILES string of the molecule is C=C(F)C(=O)Nc1cc(F)c2c(c1)c(C#Cc1ccc(Cl)cc1)cn2C. The number of aromatic nitrogens is 1. The van der Waals surface area contributed by atoms with E-state index in [4.69, 9.17) is 11.6 Å². The highest BCUT2D eigenvalue weighted by molar-refractivity contribution is 6.30. The summed E-state index contributed by atoms with van der Waals surface area (Å²) < 4.78 is 28.9. The quantitative estimate of drug-likeness (QED) is 0.510. The predicted octanol–water partition coefficient (Wildman–Crippen LogP) is 4.79. The zero-order valence-electron chi connectivity index (χ0n) is 13.7. The number of hydrogen-bond donors (Lipinski definition) is 1. The number of anilines is 1. The largest absolute Gasteiger partial charge is 0.347 e. The molecule has 0 saturated carbocycles. The van der Waals surface area contributed by atoms with Crippen LogP contribution in [-0.2, 0) is 11.8 Å². The summed E-state index contributed by atoms with van der Waals surface area (Å²) in [5.74, 6) is 3.25. The fourth-order valence-corrected chi connectivity index (χ4v) is 2.66. The van der Waals surface area contributed by atoms with E-state index in [0.717, 1.165) is 11.6 Å². The molecule has 130 valence electrons. The van der Waals surface area contributed by atoms with Gasteiger partial charge in [0.25, 0.3) is 5.91 Å². The summed E-state index contributed by atoms with van der Waals surface area (Å²) in [6, 6.07) is 9.68. The second-order valence-electron chi connectivity index (χ2n) is 5.62.